The molecule has 174 valence electrons. The van der Waals surface area contributed by atoms with Gasteiger partial charge in [-0.2, -0.15) is 4.31 Å². The highest BCUT2D eigenvalue weighted by Crippen LogP contribution is 2.24. The van der Waals surface area contributed by atoms with Crippen LogP contribution in [0.5, 0.6) is 5.75 Å². The van der Waals surface area contributed by atoms with Gasteiger partial charge in [0, 0.05) is 41.9 Å². The van der Waals surface area contributed by atoms with Gasteiger partial charge in [0.1, 0.15) is 5.75 Å². The van der Waals surface area contributed by atoms with Crippen molar-refractivity contribution in [3.8, 4) is 11.4 Å². The smallest absolute Gasteiger partial charge is 0.243 e. The first-order chi connectivity index (χ1) is 15.9. The summed E-state index contributed by atoms with van der Waals surface area (Å²) in [5.41, 5.74) is 4.94. The second kappa shape index (κ2) is 9.91. The summed E-state index contributed by atoms with van der Waals surface area (Å²) in [5.74, 6) is 0.851. The van der Waals surface area contributed by atoms with Gasteiger partial charge >= 0.3 is 0 Å². The molecule has 0 unspecified atom stereocenters. The lowest BCUT2D eigenvalue weighted by molar-refractivity contribution is 0.0730. The van der Waals surface area contributed by atoms with Gasteiger partial charge in [-0.15, -0.1) is 0 Å². The fourth-order valence-electron chi connectivity index (χ4n) is 3.96. The number of aryl methyl sites for hydroxylation is 1. The van der Waals surface area contributed by atoms with Gasteiger partial charge < -0.3 is 14.0 Å². The van der Waals surface area contributed by atoms with Crippen molar-refractivity contribution < 1.29 is 17.9 Å². The topological polar surface area (TPSA) is 73.1 Å². The van der Waals surface area contributed by atoms with Crippen LogP contribution in [0.2, 0.25) is 0 Å². The Balaban J connectivity index is 1.52. The van der Waals surface area contributed by atoms with Crippen molar-refractivity contribution in [1.82, 2.24) is 8.87 Å². The lowest BCUT2D eigenvalue weighted by Crippen LogP contribution is -2.40. The van der Waals surface area contributed by atoms with E-state index in [0.717, 1.165) is 28.4 Å². The Labute approximate surface area is 195 Å². The van der Waals surface area contributed by atoms with Crippen LogP contribution in [0.1, 0.15) is 23.9 Å². The van der Waals surface area contributed by atoms with Crippen LogP contribution in [0.3, 0.4) is 0 Å². The fraction of sp³-hybridized carbons (Fsp3) is 0.320. The second-order valence-corrected chi connectivity index (χ2v) is 9.80. The number of sulfonamides is 1. The van der Waals surface area contributed by atoms with Gasteiger partial charge in [-0.3, -0.25) is 4.99 Å². The molecule has 8 heteroatoms. The van der Waals surface area contributed by atoms with Crippen LogP contribution in [-0.4, -0.2) is 56.4 Å². The van der Waals surface area contributed by atoms with E-state index in [-0.39, 0.29) is 4.90 Å². The molecule has 1 fully saturated rings. The van der Waals surface area contributed by atoms with E-state index < -0.39 is 10.0 Å². The first kappa shape index (κ1) is 23.2. The maximum Gasteiger partial charge on any atom is 0.243 e. The normalized spacial score (nSPS) is 15.2. The molecule has 0 radical (unpaired) electrons. The van der Waals surface area contributed by atoms with Gasteiger partial charge in [0.15, 0.2) is 0 Å². The minimum atomic E-state index is -3.50. The zero-order chi connectivity index (χ0) is 23.4. The maximum absolute atomic E-state index is 12.8. The lowest BCUT2D eigenvalue weighted by Gasteiger charge is -2.26. The second-order valence-electron chi connectivity index (χ2n) is 7.86. The van der Waals surface area contributed by atoms with Crippen molar-refractivity contribution in [3.05, 3.63) is 71.5 Å². The molecule has 3 aromatic rings. The number of rotatable bonds is 7. The summed E-state index contributed by atoms with van der Waals surface area (Å²) in [5, 5.41) is 0. The zero-order valence-corrected chi connectivity index (χ0v) is 20.0. The number of benzene rings is 2. The molecule has 0 aliphatic carbocycles. The van der Waals surface area contributed by atoms with Crippen molar-refractivity contribution in [2.45, 2.75) is 25.7 Å². The van der Waals surface area contributed by atoms with E-state index in [4.69, 9.17) is 9.47 Å². The van der Waals surface area contributed by atoms with Gasteiger partial charge in [0.25, 0.3) is 0 Å². The van der Waals surface area contributed by atoms with Crippen LogP contribution in [0, 0.1) is 13.8 Å². The molecule has 2 heterocycles. The highest BCUT2D eigenvalue weighted by Gasteiger charge is 2.26. The first-order valence-electron chi connectivity index (χ1n) is 11.0. The predicted molar refractivity (Wildman–Crippen MR) is 130 cm³/mol. The van der Waals surface area contributed by atoms with Crippen molar-refractivity contribution in [2.24, 2.45) is 4.99 Å². The Bertz CT molecular complexity index is 1220. The van der Waals surface area contributed by atoms with E-state index in [2.05, 4.69) is 29.5 Å². The summed E-state index contributed by atoms with van der Waals surface area (Å²) in [6, 6.07) is 16.8. The Morgan fingerprint density at radius 3 is 2.33 bits per heavy atom. The number of hydrogen-bond donors (Lipinski definition) is 0. The van der Waals surface area contributed by atoms with Gasteiger partial charge in [-0.05, 0) is 75.4 Å². The number of aliphatic imine (C=N–C) groups is 1. The molecule has 0 atom stereocenters. The quantitative estimate of drug-likeness (QED) is 0.487. The average molecular weight is 468 g/mol. The SMILES string of the molecule is CCOc1ccc(-n2c(C)cc(C=Nc3ccc(S(=O)(=O)N4CCOCC4)cc3)c2C)cc1. The fourth-order valence-corrected chi connectivity index (χ4v) is 5.37. The third-order valence-corrected chi connectivity index (χ3v) is 7.59. The number of hydrogen-bond acceptors (Lipinski definition) is 5. The highest BCUT2D eigenvalue weighted by atomic mass is 32.2. The van der Waals surface area contributed by atoms with Crippen molar-refractivity contribution in [1.29, 1.82) is 0 Å². The monoisotopic (exact) mass is 467 g/mol. The van der Waals surface area contributed by atoms with E-state index in [9.17, 15) is 8.42 Å². The van der Waals surface area contributed by atoms with Crippen molar-refractivity contribution >= 4 is 21.9 Å². The third kappa shape index (κ3) is 5.03. The molecule has 1 aliphatic heterocycles. The van der Waals surface area contributed by atoms with E-state index in [0.29, 0.717) is 38.6 Å². The molecule has 33 heavy (non-hydrogen) atoms. The number of ether oxygens (including phenoxy) is 2. The van der Waals surface area contributed by atoms with Crippen LogP contribution in [0.4, 0.5) is 5.69 Å². The molecule has 0 amide bonds. The Hall–Kier alpha value is -2.94. The van der Waals surface area contributed by atoms with Crippen LogP contribution < -0.4 is 4.74 Å². The predicted octanol–water partition coefficient (Wildman–Crippen LogP) is 4.26. The molecule has 7 nitrogen and oxygen atoms in total. The Morgan fingerprint density at radius 1 is 1.03 bits per heavy atom. The standard InChI is InChI=1S/C25H29N3O4S/c1-4-32-24-9-7-23(8-10-24)28-19(2)17-21(20(28)3)18-26-22-5-11-25(12-6-22)33(29,30)27-13-15-31-16-14-27/h5-12,17-18H,4,13-16H2,1-3H3. The summed E-state index contributed by atoms with van der Waals surface area (Å²) in [4.78, 5) is 4.85. The molecule has 0 saturated carbocycles. The van der Waals surface area contributed by atoms with Crippen LogP contribution in [0.15, 0.2) is 64.5 Å². The van der Waals surface area contributed by atoms with Gasteiger partial charge in [0.05, 0.1) is 30.4 Å². The molecular weight excluding hydrogens is 438 g/mol. The first-order valence-corrected chi connectivity index (χ1v) is 12.5. The lowest BCUT2D eigenvalue weighted by atomic mass is 10.2. The van der Waals surface area contributed by atoms with Crippen molar-refractivity contribution in [2.75, 3.05) is 32.9 Å². The molecule has 0 bridgehead atoms. The Morgan fingerprint density at radius 2 is 1.70 bits per heavy atom. The molecule has 0 N–H and O–H groups in total. The average Bonchev–Trinajstić information content (AvgIpc) is 3.12. The summed E-state index contributed by atoms with van der Waals surface area (Å²) in [6.07, 6.45) is 1.82. The molecule has 0 spiro atoms. The largest absolute Gasteiger partial charge is 0.494 e. The molecule has 1 aliphatic rings. The number of aromatic nitrogens is 1. The van der Waals surface area contributed by atoms with Gasteiger partial charge in [0.2, 0.25) is 10.0 Å². The van der Waals surface area contributed by atoms with Crippen LogP contribution in [-0.2, 0) is 14.8 Å². The zero-order valence-electron chi connectivity index (χ0n) is 19.2. The maximum atomic E-state index is 12.8. The number of nitrogens with zero attached hydrogens (tertiary/aromatic N) is 3. The minimum absolute atomic E-state index is 0.275. The van der Waals surface area contributed by atoms with E-state index in [1.54, 1.807) is 24.3 Å². The summed E-state index contributed by atoms with van der Waals surface area (Å²) >= 11 is 0. The van der Waals surface area contributed by atoms with Crippen LogP contribution in [0.25, 0.3) is 5.69 Å². The Kier molecular flexibility index (Phi) is 6.97. The third-order valence-electron chi connectivity index (χ3n) is 5.67. The van der Waals surface area contributed by atoms with Crippen LogP contribution >= 0.6 is 0 Å². The molecule has 4 rings (SSSR count). The summed E-state index contributed by atoms with van der Waals surface area (Å²) < 4.78 is 40.0. The molecule has 1 saturated heterocycles. The van der Waals surface area contributed by atoms with Crippen molar-refractivity contribution in [3.63, 3.8) is 0 Å². The van der Waals surface area contributed by atoms with Gasteiger partial charge in [-0.1, -0.05) is 0 Å². The van der Waals surface area contributed by atoms with Gasteiger partial charge in [-0.25, -0.2) is 8.42 Å². The summed E-state index contributed by atoms with van der Waals surface area (Å²) in [7, 11) is -3.50. The molecule has 1 aromatic heterocycles. The van der Waals surface area contributed by atoms with E-state index in [1.165, 1.54) is 4.31 Å². The molecule has 2 aromatic carbocycles. The molecular formula is C25H29N3O4S. The van der Waals surface area contributed by atoms with E-state index in [1.807, 2.05) is 37.4 Å². The number of morpholine rings is 1. The highest BCUT2D eigenvalue weighted by molar-refractivity contribution is 7.89. The minimum Gasteiger partial charge on any atom is -0.494 e. The van der Waals surface area contributed by atoms with E-state index >= 15 is 0 Å². The summed E-state index contributed by atoms with van der Waals surface area (Å²) in [6.45, 7) is 8.35.